The minimum atomic E-state index is -0.912. The molecule has 0 fully saturated rings. The highest BCUT2D eigenvalue weighted by atomic mass is 79.9. The van der Waals surface area contributed by atoms with Gasteiger partial charge in [-0.25, -0.2) is 9.18 Å². The number of carbonyl (C=O) groups is 2. The molecule has 0 bridgehead atoms. The Balaban J connectivity index is 2.55. The van der Waals surface area contributed by atoms with Crippen LogP contribution >= 0.6 is 15.9 Å². The summed E-state index contributed by atoms with van der Waals surface area (Å²) in [6.07, 6.45) is -0.0216. The Bertz CT molecular complexity index is 523. The number of aryl methyl sites for hydroxylation is 1. The lowest BCUT2D eigenvalue weighted by Crippen LogP contribution is -2.33. The quantitative estimate of drug-likeness (QED) is 0.766. The number of urea groups is 1. The van der Waals surface area contributed by atoms with Crippen molar-refractivity contribution in [1.29, 1.82) is 0 Å². The van der Waals surface area contributed by atoms with E-state index in [1.165, 1.54) is 6.07 Å². The Morgan fingerprint density at radius 1 is 1.45 bits per heavy atom. The zero-order valence-electron chi connectivity index (χ0n) is 11.2. The van der Waals surface area contributed by atoms with E-state index in [1.807, 2.05) is 0 Å². The molecular weight excluding hydrogens is 331 g/mol. The van der Waals surface area contributed by atoms with Gasteiger partial charge in [-0.15, -0.1) is 0 Å². The maximum atomic E-state index is 13.4. The number of benzene rings is 1. The normalized spacial score (nSPS) is 11.8. The fourth-order valence-electron chi connectivity index (χ4n) is 1.58. The van der Waals surface area contributed by atoms with Crippen LogP contribution in [0.3, 0.4) is 0 Å². The third kappa shape index (κ3) is 5.16. The highest BCUT2D eigenvalue weighted by Gasteiger charge is 2.11. The molecule has 0 saturated carbocycles. The molecule has 1 aromatic carbocycles. The van der Waals surface area contributed by atoms with Gasteiger partial charge in [0, 0.05) is 18.7 Å². The van der Waals surface area contributed by atoms with Gasteiger partial charge < -0.3 is 15.7 Å². The van der Waals surface area contributed by atoms with Crippen LogP contribution in [0.4, 0.5) is 14.9 Å². The average molecular weight is 347 g/mol. The molecule has 3 N–H and O–H groups in total. The van der Waals surface area contributed by atoms with Crippen LogP contribution in [0.2, 0.25) is 0 Å². The van der Waals surface area contributed by atoms with Crippen LogP contribution < -0.4 is 10.6 Å². The van der Waals surface area contributed by atoms with Gasteiger partial charge in [0.05, 0.1) is 4.47 Å². The van der Waals surface area contributed by atoms with Gasteiger partial charge in [-0.3, -0.25) is 4.79 Å². The largest absolute Gasteiger partial charge is 0.481 e. The second-order valence-corrected chi connectivity index (χ2v) is 5.47. The molecule has 7 heteroatoms. The van der Waals surface area contributed by atoms with Gasteiger partial charge in [0.2, 0.25) is 0 Å². The molecule has 1 unspecified atom stereocenters. The highest BCUT2D eigenvalue weighted by molar-refractivity contribution is 9.10. The Morgan fingerprint density at radius 3 is 2.70 bits per heavy atom. The molecule has 0 saturated heterocycles. The van der Waals surface area contributed by atoms with Crippen molar-refractivity contribution in [1.82, 2.24) is 5.32 Å². The van der Waals surface area contributed by atoms with E-state index in [-0.39, 0.29) is 18.9 Å². The van der Waals surface area contributed by atoms with Gasteiger partial charge in [0.1, 0.15) is 5.82 Å². The lowest BCUT2D eigenvalue weighted by atomic mass is 10.1. The minimum Gasteiger partial charge on any atom is -0.481 e. The number of carboxylic acids is 1. The Hall–Kier alpha value is -1.63. The first kappa shape index (κ1) is 16.4. The summed E-state index contributed by atoms with van der Waals surface area (Å²) >= 11 is 3.06. The first-order valence-corrected chi connectivity index (χ1v) is 6.81. The van der Waals surface area contributed by atoms with E-state index in [4.69, 9.17) is 5.11 Å². The van der Waals surface area contributed by atoms with Crippen LogP contribution in [0, 0.1) is 18.7 Å². The molecule has 1 aromatic rings. The number of halogens is 2. The number of amides is 2. The van der Waals surface area contributed by atoms with Crippen molar-refractivity contribution < 1.29 is 19.1 Å². The number of hydrogen-bond donors (Lipinski definition) is 3. The van der Waals surface area contributed by atoms with E-state index in [0.717, 1.165) is 0 Å². The molecule has 0 aromatic heterocycles. The van der Waals surface area contributed by atoms with Crippen molar-refractivity contribution in [3.63, 3.8) is 0 Å². The number of aliphatic carboxylic acids is 1. The molecule has 2 amide bonds. The van der Waals surface area contributed by atoms with Crippen LogP contribution in [0.1, 0.15) is 18.9 Å². The van der Waals surface area contributed by atoms with Crippen LogP contribution in [0.15, 0.2) is 16.6 Å². The molecule has 0 aliphatic carbocycles. The molecule has 0 radical (unpaired) electrons. The van der Waals surface area contributed by atoms with Crippen LogP contribution in [0.25, 0.3) is 0 Å². The molecule has 0 spiro atoms. The van der Waals surface area contributed by atoms with Crippen molar-refractivity contribution in [2.24, 2.45) is 5.92 Å². The summed E-state index contributed by atoms with van der Waals surface area (Å²) in [5.41, 5.74) is 1.08. The second kappa shape index (κ2) is 7.23. The van der Waals surface area contributed by atoms with Gasteiger partial charge in [-0.2, -0.15) is 0 Å². The number of carbonyl (C=O) groups excluding carboxylic acids is 1. The standard InChI is InChI=1S/C13H16BrFN2O3/c1-7(3-12(18)19)6-16-13(20)17-11-5-10(15)9(14)4-8(11)2/h4-5,7H,3,6H2,1-2H3,(H,18,19)(H2,16,17,20). The smallest absolute Gasteiger partial charge is 0.319 e. The predicted octanol–water partition coefficient (Wildman–Crippen LogP) is 3.13. The monoisotopic (exact) mass is 346 g/mol. The zero-order valence-corrected chi connectivity index (χ0v) is 12.8. The summed E-state index contributed by atoms with van der Waals surface area (Å²) in [6, 6.07) is 2.30. The van der Waals surface area contributed by atoms with E-state index in [9.17, 15) is 14.0 Å². The molecule has 110 valence electrons. The Morgan fingerprint density at radius 2 is 2.10 bits per heavy atom. The summed E-state index contributed by atoms with van der Waals surface area (Å²) in [7, 11) is 0. The van der Waals surface area contributed by atoms with E-state index in [2.05, 4.69) is 26.6 Å². The van der Waals surface area contributed by atoms with Gasteiger partial charge >= 0.3 is 12.0 Å². The van der Waals surface area contributed by atoms with Gasteiger partial charge in [-0.1, -0.05) is 6.92 Å². The van der Waals surface area contributed by atoms with Crippen LogP contribution in [-0.4, -0.2) is 23.7 Å². The van der Waals surface area contributed by atoms with Crippen LogP contribution in [0.5, 0.6) is 0 Å². The highest BCUT2D eigenvalue weighted by Crippen LogP contribution is 2.23. The van der Waals surface area contributed by atoms with E-state index in [1.54, 1.807) is 19.9 Å². The molecule has 0 aliphatic heterocycles. The minimum absolute atomic E-state index is 0.0216. The van der Waals surface area contributed by atoms with Crippen molar-refractivity contribution >= 4 is 33.6 Å². The van der Waals surface area contributed by atoms with Gasteiger partial charge in [0.25, 0.3) is 0 Å². The van der Waals surface area contributed by atoms with Gasteiger partial charge in [-0.05, 0) is 46.5 Å². The number of anilines is 1. The molecular formula is C13H16BrFN2O3. The maximum absolute atomic E-state index is 13.4. The third-order valence-corrected chi connectivity index (χ3v) is 3.26. The summed E-state index contributed by atoms with van der Waals surface area (Å²) in [6.45, 7) is 3.70. The SMILES string of the molecule is Cc1cc(Br)c(F)cc1NC(=O)NCC(C)CC(=O)O. The van der Waals surface area contributed by atoms with Crippen molar-refractivity contribution in [2.75, 3.05) is 11.9 Å². The zero-order chi connectivity index (χ0) is 15.3. The molecule has 1 rings (SSSR count). The van der Waals surface area contributed by atoms with Gasteiger partial charge in [0.15, 0.2) is 0 Å². The fraction of sp³-hybridized carbons (Fsp3) is 0.385. The van der Waals surface area contributed by atoms with Crippen molar-refractivity contribution in [3.05, 3.63) is 28.0 Å². The number of nitrogens with one attached hydrogen (secondary N) is 2. The lowest BCUT2D eigenvalue weighted by Gasteiger charge is -2.13. The number of rotatable bonds is 5. The molecule has 20 heavy (non-hydrogen) atoms. The van der Waals surface area contributed by atoms with E-state index in [0.29, 0.717) is 15.7 Å². The summed E-state index contributed by atoms with van der Waals surface area (Å²) < 4.78 is 13.7. The van der Waals surface area contributed by atoms with E-state index < -0.39 is 17.8 Å². The summed E-state index contributed by atoms with van der Waals surface area (Å²) in [5, 5.41) is 13.7. The number of hydrogen-bond acceptors (Lipinski definition) is 2. The lowest BCUT2D eigenvalue weighted by molar-refractivity contribution is -0.137. The van der Waals surface area contributed by atoms with E-state index >= 15 is 0 Å². The first-order chi connectivity index (χ1) is 9.29. The molecule has 1 atom stereocenters. The van der Waals surface area contributed by atoms with Crippen LogP contribution in [-0.2, 0) is 4.79 Å². The molecule has 0 heterocycles. The summed E-state index contributed by atoms with van der Waals surface area (Å²) in [5.74, 6) is -1.56. The maximum Gasteiger partial charge on any atom is 0.319 e. The average Bonchev–Trinajstić information content (AvgIpc) is 2.32. The predicted molar refractivity (Wildman–Crippen MR) is 77.3 cm³/mol. The second-order valence-electron chi connectivity index (χ2n) is 4.62. The Kier molecular flexibility index (Phi) is 5.94. The summed E-state index contributed by atoms with van der Waals surface area (Å²) in [4.78, 5) is 22.1. The number of carboxylic acid groups (broad SMARTS) is 1. The Labute approximate surface area is 124 Å². The van der Waals surface area contributed by atoms with Crippen molar-refractivity contribution in [3.8, 4) is 0 Å². The molecule has 0 aliphatic rings. The third-order valence-electron chi connectivity index (χ3n) is 2.65. The fourth-order valence-corrected chi connectivity index (χ4v) is 2.04. The van der Waals surface area contributed by atoms with Crippen molar-refractivity contribution in [2.45, 2.75) is 20.3 Å². The first-order valence-electron chi connectivity index (χ1n) is 6.02. The molecule has 5 nitrogen and oxygen atoms in total. The topological polar surface area (TPSA) is 78.4 Å².